The van der Waals surface area contributed by atoms with E-state index in [4.69, 9.17) is 10.5 Å². The summed E-state index contributed by atoms with van der Waals surface area (Å²) in [5.41, 5.74) is 6.28. The zero-order valence-electron chi connectivity index (χ0n) is 14.5. The molecule has 0 radical (unpaired) electrons. The van der Waals surface area contributed by atoms with Gasteiger partial charge in [0.05, 0.1) is 24.2 Å². The van der Waals surface area contributed by atoms with Gasteiger partial charge < -0.3 is 15.8 Å². The van der Waals surface area contributed by atoms with E-state index in [2.05, 4.69) is 5.32 Å². The first-order chi connectivity index (χ1) is 11.3. The lowest BCUT2D eigenvalue weighted by molar-refractivity contribution is -0.117. The molecule has 0 bridgehead atoms. The largest absolute Gasteiger partial charge is 0.379 e. The van der Waals surface area contributed by atoms with Crippen LogP contribution < -0.4 is 11.1 Å². The highest BCUT2D eigenvalue weighted by Crippen LogP contribution is 2.20. The molecule has 25 heavy (non-hydrogen) atoms. The van der Waals surface area contributed by atoms with E-state index >= 15 is 0 Å². The third kappa shape index (κ3) is 5.93. The van der Waals surface area contributed by atoms with Crippen LogP contribution in [-0.4, -0.2) is 51.0 Å². The lowest BCUT2D eigenvalue weighted by atomic mass is 10.0. The Hall–Kier alpha value is -1.19. The fourth-order valence-electron chi connectivity index (χ4n) is 2.52. The highest BCUT2D eigenvalue weighted by molar-refractivity contribution is 7.89. The zero-order valence-corrected chi connectivity index (χ0v) is 16.1. The molecule has 1 aromatic rings. The molecule has 1 saturated heterocycles. The number of carbonyl (C=O) groups is 1. The Morgan fingerprint density at radius 1 is 1.32 bits per heavy atom. The lowest BCUT2D eigenvalue weighted by Crippen LogP contribution is -2.40. The van der Waals surface area contributed by atoms with Gasteiger partial charge in [0.25, 0.3) is 0 Å². The van der Waals surface area contributed by atoms with Gasteiger partial charge in [-0.1, -0.05) is 19.9 Å². The van der Waals surface area contributed by atoms with Crippen LogP contribution in [0.1, 0.15) is 20.3 Å². The summed E-state index contributed by atoms with van der Waals surface area (Å²) in [4.78, 5) is 12.3. The predicted octanol–water partition coefficient (Wildman–Crippen LogP) is 1.44. The molecule has 0 aromatic heterocycles. The van der Waals surface area contributed by atoms with E-state index in [1.807, 2.05) is 13.8 Å². The number of rotatable bonds is 6. The van der Waals surface area contributed by atoms with Crippen molar-refractivity contribution in [2.24, 2.45) is 11.7 Å². The quantitative estimate of drug-likeness (QED) is 0.764. The van der Waals surface area contributed by atoms with Gasteiger partial charge in [0.2, 0.25) is 15.9 Å². The Kier molecular flexibility index (Phi) is 8.30. The molecule has 0 saturated carbocycles. The van der Waals surface area contributed by atoms with E-state index in [0.29, 0.717) is 44.3 Å². The van der Waals surface area contributed by atoms with E-state index < -0.39 is 16.1 Å². The van der Waals surface area contributed by atoms with Crippen LogP contribution in [0.15, 0.2) is 29.2 Å². The van der Waals surface area contributed by atoms with Crippen LogP contribution in [-0.2, 0) is 19.6 Å². The number of nitrogens with one attached hydrogen (secondary N) is 1. The SMILES string of the molecule is CC(C)C[C@H](N)C(=O)Nc1cccc(S(=O)(=O)N2CCOCC2)c1.Cl. The molecule has 1 heterocycles. The number of hydrogen-bond donors (Lipinski definition) is 2. The van der Waals surface area contributed by atoms with Gasteiger partial charge in [-0.25, -0.2) is 8.42 Å². The first-order valence-electron chi connectivity index (χ1n) is 8.05. The number of amides is 1. The average molecular weight is 392 g/mol. The highest BCUT2D eigenvalue weighted by Gasteiger charge is 2.26. The molecule has 3 N–H and O–H groups in total. The van der Waals surface area contributed by atoms with Crippen molar-refractivity contribution in [3.05, 3.63) is 24.3 Å². The summed E-state index contributed by atoms with van der Waals surface area (Å²) in [7, 11) is -3.59. The van der Waals surface area contributed by atoms with E-state index in [9.17, 15) is 13.2 Å². The average Bonchev–Trinajstić information content (AvgIpc) is 2.55. The number of ether oxygens (including phenoxy) is 1. The van der Waals surface area contributed by atoms with Crippen molar-refractivity contribution >= 4 is 34.0 Å². The van der Waals surface area contributed by atoms with Crippen LogP contribution in [0.2, 0.25) is 0 Å². The number of halogens is 1. The molecule has 1 aliphatic heterocycles. The number of sulfonamides is 1. The molecule has 1 aliphatic rings. The third-order valence-corrected chi connectivity index (χ3v) is 5.67. The van der Waals surface area contributed by atoms with Crippen LogP contribution in [0.3, 0.4) is 0 Å². The first-order valence-corrected chi connectivity index (χ1v) is 9.49. The Balaban J connectivity index is 0.00000312. The summed E-state index contributed by atoms with van der Waals surface area (Å²) in [6, 6.07) is 5.62. The Morgan fingerprint density at radius 3 is 2.56 bits per heavy atom. The topological polar surface area (TPSA) is 102 Å². The zero-order chi connectivity index (χ0) is 17.7. The summed E-state index contributed by atoms with van der Waals surface area (Å²) in [6.45, 7) is 5.42. The summed E-state index contributed by atoms with van der Waals surface area (Å²) < 4.78 is 31.9. The fraction of sp³-hybridized carbons (Fsp3) is 0.562. The molecule has 7 nitrogen and oxygen atoms in total. The van der Waals surface area contributed by atoms with Crippen molar-refractivity contribution in [2.75, 3.05) is 31.6 Å². The molecule has 1 amide bonds. The molecule has 1 atom stereocenters. The van der Waals surface area contributed by atoms with Gasteiger partial charge in [-0.2, -0.15) is 4.31 Å². The maximum atomic E-state index is 12.6. The van der Waals surface area contributed by atoms with Crippen LogP contribution in [0.5, 0.6) is 0 Å². The summed E-state index contributed by atoms with van der Waals surface area (Å²) in [6.07, 6.45) is 0.567. The van der Waals surface area contributed by atoms with Gasteiger partial charge in [-0.15, -0.1) is 12.4 Å². The first kappa shape index (κ1) is 21.9. The van der Waals surface area contributed by atoms with Crippen molar-refractivity contribution in [3.63, 3.8) is 0 Å². The Morgan fingerprint density at radius 2 is 1.96 bits per heavy atom. The summed E-state index contributed by atoms with van der Waals surface area (Å²) in [5, 5.41) is 2.69. The standard InChI is InChI=1S/C16H25N3O4S.ClH/c1-12(2)10-15(17)16(20)18-13-4-3-5-14(11-13)24(21,22)19-6-8-23-9-7-19;/h3-5,11-12,15H,6-10,17H2,1-2H3,(H,18,20);1H/t15-;/m0./s1. The van der Waals surface area contributed by atoms with Crippen molar-refractivity contribution in [1.29, 1.82) is 0 Å². The monoisotopic (exact) mass is 391 g/mol. The van der Waals surface area contributed by atoms with Gasteiger partial charge in [0, 0.05) is 18.8 Å². The second-order valence-corrected chi connectivity index (χ2v) is 8.21. The van der Waals surface area contributed by atoms with E-state index in [-0.39, 0.29) is 23.2 Å². The van der Waals surface area contributed by atoms with Crippen LogP contribution >= 0.6 is 12.4 Å². The minimum absolute atomic E-state index is 0. The molecule has 2 rings (SSSR count). The normalized spacial score (nSPS) is 17.0. The number of anilines is 1. The molecule has 1 aromatic carbocycles. The number of nitrogens with zero attached hydrogens (tertiary/aromatic N) is 1. The van der Waals surface area contributed by atoms with Crippen molar-refractivity contribution in [1.82, 2.24) is 4.31 Å². The maximum absolute atomic E-state index is 12.6. The number of benzene rings is 1. The van der Waals surface area contributed by atoms with Gasteiger partial charge in [-0.3, -0.25) is 4.79 Å². The number of morpholine rings is 1. The van der Waals surface area contributed by atoms with Crippen LogP contribution in [0.25, 0.3) is 0 Å². The van der Waals surface area contributed by atoms with E-state index in [1.165, 1.54) is 16.4 Å². The number of carbonyl (C=O) groups excluding carboxylic acids is 1. The minimum Gasteiger partial charge on any atom is -0.379 e. The molecule has 0 aliphatic carbocycles. The highest BCUT2D eigenvalue weighted by atomic mass is 35.5. The Labute approximate surface area is 155 Å². The van der Waals surface area contributed by atoms with Crippen molar-refractivity contribution in [3.8, 4) is 0 Å². The summed E-state index contributed by atoms with van der Waals surface area (Å²) >= 11 is 0. The molecular weight excluding hydrogens is 366 g/mol. The second-order valence-electron chi connectivity index (χ2n) is 6.27. The van der Waals surface area contributed by atoms with Gasteiger partial charge in [0.15, 0.2) is 0 Å². The van der Waals surface area contributed by atoms with Crippen molar-refractivity contribution < 1.29 is 17.9 Å². The van der Waals surface area contributed by atoms with Crippen molar-refractivity contribution in [2.45, 2.75) is 31.2 Å². The number of hydrogen-bond acceptors (Lipinski definition) is 5. The van der Waals surface area contributed by atoms with Gasteiger partial charge >= 0.3 is 0 Å². The Bertz CT molecular complexity index is 676. The molecular formula is C16H26ClN3O4S. The van der Waals surface area contributed by atoms with Crippen LogP contribution in [0, 0.1) is 5.92 Å². The second kappa shape index (κ2) is 9.49. The molecule has 1 fully saturated rings. The van der Waals surface area contributed by atoms with Gasteiger partial charge in [-0.05, 0) is 30.5 Å². The molecule has 0 unspecified atom stereocenters. The third-order valence-electron chi connectivity index (χ3n) is 3.77. The lowest BCUT2D eigenvalue weighted by Gasteiger charge is -2.26. The maximum Gasteiger partial charge on any atom is 0.243 e. The molecule has 9 heteroatoms. The molecule has 142 valence electrons. The summed E-state index contributed by atoms with van der Waals surface area (Å²) in [5.74, 6) is -0.0107. The number of nitrogens with two attached hydrogens (primary N) is 1. The van der Waals surface area contributed by atoms with Crippen LogP contribution in [0.4, 0.5) is 5.69 Å². The fourth-order valence-corrected chi connectivity index (χ4v) is 3.97. The predicted molar refractivity (Wildman–Crippen MR) is 99.3 cm³/mol. The van der Waals surface area contributed by atoms with E-state index in [0.717, 1.165) is 0 Å². The minimum atomic E-state index is -3.59. The van der Waals surface area contributed by atoms with Gasteiger partial charge in [0.1, 0.15) is 0 Å². The van der Waals surface area contributed by atoms with E-state index in [1.54, 1.807) is 12.1 Å². The molecule has 0 spiro atoms. The smallest absolute Gasteiger partial charge is 0.243 e.